The zero-order valence-electron chi connectivity index (χ0n) is 13.2. The lowest BCUT2D eigenvalue weighted by Gasteiger charge is -2.21. The van der Waals surface area contributed by atoms with Crippen LogP contribution in [0.4, 0.5) is 5.69 Å². The molecule has 0 unspecified atom stereocenters. The number of rotatable bonds is 3. The lowest BCUT2D eigenvalue weighted by molar-refractivity contribution is -0.130. The molecule has 23 heavy (non-hydrogen) atoms. The Bertz CT molecular complexity index is 862. The van der Waals surface area contributed by atoms with E-state index in [2.05, 4.69) is 17.4 Å². The lowest BCUT2D eigenvalue weighted by Crippen LogP contribution is -2.39. The fourth-order valence-electron chi connectivity index (χ4n) is 3.34. The number of fused-ring (bicyclic) bond motifs is 3. The number of hydrogen-bond donors (Lipinski definition) is 1. The van der Waals surface area contributed by atoms with Crippen LogP contribution in [0, 0.1) is 0 Å². The molecule has 0 spiro atoms. The Kier molecular flexibility index (Phi) is 3.45. The highest BCUT2D eigenvalue weighted by Crippen LogP contribution is 2.30. The van der Waals surface area contributed by atoms with Gasteiger partial charge in [-0.05, 0) is 44.0 Å². The minimum Gasteiger partial charge on any atom is -0.456 e. The molecule has 1 N–H and O–H groups in total. The number of anilines is 1. The summed E-state index contributed by atoms with van der Waals surface area (Å²) in [5.74, 6) is 0.180. The first-order valence-corrected chi connectivity index (χ1v) is 8.19. The number of carbonyl (C=O) groups excluding carboxylic acids is 1. The number of hydrogen-bond acceptors (Lipinski definition) is 3. The predicted molar refractivity (Wildman–Crippen MR) is 92.6 cm³/mol. The number of benzene rings is 2. The van der Waals surface area contributed by atoms with Gasteiger partial charge in [-0.1, -0.05) is 18.2 Å². The Hall–Kier alpha value is -2.49. The second-order valence-electron chi connectivity index (χ2n) is 6.21. The molecule has 0 saturated carbocycles. The largest absolute Gasteiger partial charge is 0.456 e. The van der Waals surface area contributed by atoms with Crippen molar-refractivity contribution in [3.05, 3.63) is 42.5 Å². The van der Waals surface area contributed by atoms with Crippen LogP contribution in [0.2, 0.25) is 0 Å². The molecular formula is C19H20N2O2. The first-order chi connectivity index (χ1) is 11.2. The van der Waals surface area contributed by atoms with Gasteiger partial charge in [0.15, 0.2) is 0 Å². The van der Waals surface area contributed by atoms with Crippen molar-refractivity contribution in [3.8, 4) is 0 Å². The van der Waals surface area contributed by atoms with Gasteiger partial charge in [0, 0.05) is 29.5 Å². The SMILES string of the molecule is C[C@H](Nc1ccc2oc3ccccc3c2c1)C(=O)N1CCCC1. The Morgan fingerprint density at radius 2 is 1.83 bits per heavy atom. The van der Waals surface area contributed by atoms with E-state index in [0.29, 0.717) is 0 Å². The first-order valence-electron chi connectivity index (χ1n) is 8.19. The van der Waals surface area contributed by atoms with Crippen LogP contribution >= 0.6 is 0 Å². The fourth-order valence-corrected chi connectivity index (χ4v) is 3.34. The number of carbonyl (C=O) groups is 1. The summed E-state index contributed by atoms with van der Waals surface area (Å²) in [6, 6.07) is 13.8. The molecule has 0 radical (unpaired) electrons. The lowest BCUT2D eigenvalue weighted by atomic mass is 10.1. The summed E-state index contributed by atoms with van der Waals surface area (Å²) in [7, 11) is 0. The Labute approximate surface area is 135 Å². The van der Waals surface area contributed by atoms with E-state index in [1.54, 1.807) is 0 Å². The van der Waals surface area contributed by atoms with Crippen molar-refractivity contribution in [1.82, 2.24) is 4.90 Å². The van der Waals surface area contributed by atoms with E-state index in [-0.39, 0.29) is 11.9 Å². The third kappa shape index (κ3) is 2.54. The van der Waals surface area contributed by atoms with Gasteiger partial charge in [0.25, 0.3) is 0 Å². The van der Waals surface area contributed by atoms with Gasteiger partial charge in [0.05, 0.1) is 0 Å². The quantitative estimate of drug-likeness (QED) is 0.795. The minimum absolute atomic E-state index is 0.180. The molecule has 4 heteroatoms. The van der Waals surface area contributed by atoms with Crippen LogP contribution in [0.25, 0.3) is 21.9 Å². The van der Waals surface area contributed by atoms with Crippen LogP contribution in [0.1, 0.15) is 19.8 Å². The molecule has 1 amide bonds. The monoisotopic (exact) mass is 308 g/mol. The molecule has 1 aliphatic heterocycles. The van der Waals surface area contributed by atoms with Crippen molar-refractivity contribution in [3.63, 3.8) is 0 Å². The van der Waals surface area contributed by atoms with Crippen LogP contribution in [0.15, 0.2) is 46.9 Å². The number of nitrogens with zero attached hydrogens (tertiary/aromatic N) is 1. The van der Waals surface area contributed by atoms with Gasteiger partial charge in [-0.3, -0.25) is 4.79 Å². The number of furan rings is 1. The third-order valence-corrected chi connectivity index (χ3v) is 4.55. The van der Waals surface area contributed by atoms with Crippen molar-refractivity contribution >= 4 is 33.5 Å². The summed E-state index contributed by atoms with van der Waals surface area (Å²) in [5.41, 5.74) is 2.71. The standard InChI is InChI=1S/C19H20N2O2/c1-13(19(22)21-10-4-5-11-21)20-14-8-9-18-16(12-14)15-6-2-3-7-17(15)23-18/h2-3,6-9,12-13,20H,4-5,10-11H2,1H3/t13-/m0/s1. The average Bonchev–Trinajstić information content (AvgIpc) is 3.21. The van der Waals surface area contributed by atoms with Gasteiger partial charge in [-0.25, -0.2) is 0 Å². The maximum absolute atomic E-state index is 12.4. The topological polar surface area (TPSA) is 45.5 Å². The molecule has 4 nitrogen and oxygen atoms in total. The zero-order chi connectivity index (χ0) is 15.8. The van der Waals surface area contributed by atoms with E-state index in [4.69, 9.17) is 4.42 Å². The fraction of sp³-hybridized carbons (Fsp3) is 0.316. The molecule has 1 fully saturated rings. The van der Waals surface area contributed by atoms with Crippen molar-refractivity contribution in [1.29, 1.82) is 0 Å². The molecule has 1 aliphatic rings. The van der Waals surface area contributed by atoms with E-state index in [1.807, 2.05) is 42.2 Å². The smallest absolute Gasteiger partial charge is 0.244 e. The molecule has 3 aromatic rings. The second-order valence-corrected chi connectivity index (χ2v) is 6.21. The predicted octanol–water partition coefficient (Wildman–Crippen LogP) is 4.01. The molecule has 1 atom stereocenters. The average molecular weight is 308 g/mol. The summed E-state index contributed by atoms with van der Waals surface area (Å²) >= 11 is 0. The summed E-state index contributed by atoms with van der Waals surface area (Å²) in [6.45, 7) is 3.70. The highest BCUT2D eigenvalue weighted by atomic mass is 16.3. The number of nitrogens with one attached hydrogen (secondary N) is 1. The van der Waals surface area contributed by atoms with Gasteiger partial charge in [-0.15, -0.1) is 0 Å². The van der Waals surface area contributed by atoms with E-state index in [1.165, 1.54) is 0 Å². The highest BCUT2D eigenvalue weighted by molar-refractivity contribution is 6.06. The molecule has 2 aromatic carbocycles. The van der Waals surface area contributed by atoms with E-state index >= 15 is 0 Å². The van der Waals surface area contributed by atoms with E-state index < -0.39 is 0 Å². The summed E-state index contributed by atoms with van der Waals surface area (Å²) in [6.07, 6.45) is 2.23. The Balaban J connectivity index is 1.61. The second kappa shape index (κ2) is 5.61. The highest BCUT2D eigenvalue weighted by Gasteiger charge is 2.23. The number of para-hydroxylation sites is 1. The molecule has 2 heterocycles. The summed E-state index contributed by atoms with van der Waals surface area (Å²) in [4.78, 5) is 14.4. The molecule has 0 bridgehead atoms. The minimum atomic E-state index is -0.219. The maximum atomic E-state index is 12.4. The van der Waals surface area contributed by atoms with Gasteiger partial charge in [0.1, 0.15) is 17.2 Å². The Morgan fingerprint density at radius 1 is 1.09 bits per heavy atom. The van der Waals surface area contributed by atoms with Crippen LogP contribution in [-0.2, 0) is 4.79 Å². The molecule has 4 rings (SSSR count). The van der Waals surface area contributed by atoms with Gasteiger partial charge in [-0.2, -0.15) is 0 Å². The van der Waals surface area contributed by atoms with E-state index in [0.717, 1.165) is 53.6 Å². The molecule has 1 aromatic heterocycles. The van der Waals surface area contributed by atoms with Crippen molar-refractivity contribution in [2.24, 2.45) is 0 Å². The van der Waals surface area contributed by atoms with Crippen molar-refractivity contribution in [2.75, 3.05) is 18.4 Å². The van der Waals surface area contributed by atoms with E-state index in [9.17, 15) is 4.79 Å². The maximum Gasteiger partial charge on any atom is 0.244 e. The van der Waals surface area contributed by atoms with Gasteiger partial charge < -0.3 is 14.6 Å². The first kappa shape index (κ1) is 14.1. The number of amides is 1. The summed E-state index contributed by atoms with van der Waals surface area (Å²) < 4.78 is 5.84. The zero-order valence-corrected chi connectivity index (χ0v) is 13.2. The van der Waals surface area contributed by atoms with Crippen molar-refractivity contribution in [2.45, 2.75) is 25.8 Å². The number of likely N-dealkylation sites (tertiary alicyclic amines) is 1. The molecule has 1 saturated heterocycles. The van der Waals surface area contributed by atoms with Gasteiger partial charge in [0.2, 0.25) is 5.91 Å². The summed E-state index contributed by atoms with van der Waals surface area (Å²) in [5, 5.41) is 5.51. The van der Waals surface area contributed by atoms with Crippen LogP contribution < -0.4 is 5.32 Å². The van der Waals surface area contributed by atoms with Crippen LogP contribution in [0.5, 0.6) is 0 Å². The Morgan fingerprint density at radius 3 is 2.65 bits per heavy atom. The molecular weight excluding hydrogens is 288 g/mol. The van der Waals surface area contributed by atoms with Crippen LogP contribution in [0.3, 0.4) is 0 Å². The van der Waals surface area contributed by atoms with Crippen LogP contribution in [-0.4, -0.2) is 29.9 Å². The van der Waals surface area contributed by atoms with Gasteiger partial charge >= 0.3 is 0 Å². The normalized spacial score (nSPS) is 16.1. The molecule has 118 valence electrons. The third-order valence-electron chi connectivity index (χ3n) is 4.55. The van der Waals surface area contributed by atoms with Crippen molar-refractivity contribution < 1.29 is 9.21 Å². The molecule has 0 aliphatic carbocycles.